The van der Waals surface area contributed by atoms with Crippen LogP contribution in [0.5, 0.6) is 0 Å². The molecule has 0 saturated carbocycles. The molecule has 0 N–H and O–H groups in total. The molecule has 0 bridgehead atoms. The van der Waals surface area contributed by atoms with Crippen molar-refractivity contribution in [2.24, 2.45) is 0 Å². The van der Waals surface area contributed by atoms with Crippen molar-refractivity contribution in [2.45, 2.75) is 18.2 Å². The van der Waals surface area contributed by atoms with E-state index in [2.05, 4.69) is 0 Å². The van der Waals surface area contributed by atoms with E-state index in [4.69, 9.17) is 0 Å². The lowest BCUT2D eigenvalue weighted by Crippen LogP contribution is -2.47. The number of nitrogens with zero attached hydrogens (tertiary/aromatic N) is 2. The third kappa shape index (κ3) is 5.14. The molecular formula is C15H22F2N2O2S2. The molecule has 1 atom stereocenters. The molecule has 1 aliphatic heterocycles. The summed E-state index contributed by atoms with van der Waals surface area (Å²) in [5.41, 5.74) is -0.120. The highest BCUT2D eigenvalue weighted by molar-refractivity contribution is 7.99. The van der Waals surface area contributed by atoms with E-state index in [1.165, 1.54) is 4.31 Å². The van der Waals surface area contributed by atoms with Gasteiger partial charge in [0.1, 0.15) is 11.6 Å². The minimum atomic E-state index is -3.71. The minimum absolute atomic E-state index is 0.120. The van der Waals surface area contributed by atoms with Crippen molar-refractivity contribution in [1.29, 1.82) is 0 Å². The molecular weight excluding hydrogens is 342 g/mol. The van der Waals surface area contributed by atoms with Gasteiger partial charge in [0.15, 0.2) is 0 Å². The van der Waals surface area contributed by atoms with E-state index < -0.39 is 27.4 Å². The van der Waals surface area contributed by atoms with Gasteiger partial charge in [0, 0.05) is 30.4 Å². The fourth-order valence-corrected chi connectivity index (χ4v) is 5.61. The second kappa shape index (κ2) is 7.92. The maximum atomic E-state index is 13.8. The highest BCUT2D eigenvalue weighted by atomic mass is 32.2. The third-order valence-electron chi connectivity index (χ3n) is 3.66. The van der Waals surface area contributed by atoms with Crippen LogP contribution in [0.2, 0.25) is 0 Å². The summed E-state index contributed by atoms with van der Waals surface area (Å²) < 4.78 is 54.1. The molecule has 1 aromatic rings. The zero-order valence-electron chi connectivity index (χ0n) is 13.3. The van der Waals surface area contributed by atoms with Crippen LogP contribution in [0.15, 0.2) is 18.2 Å². The van der Waals surface area contributed by atoms with Crippen molar-refractivity contribution >= 4 is 21.8 Å². The number of sulfonamides is 1. The normalized spacial score (nSPS) is 20.7. The molecule has 2 rings (SSSR count). The van der Waals surface area contributed by atoms with Gasteiger partial charge in [-0.1, -0.05) is 0 Å². The van der Waals surface area contributed by atoms with Crippen LogP contribution in [0.3, 0.4) is 0 Å². The minimum Gasteiger partial charge on any atom is -0.308 e. The third-order valence-corrected chi connectivity index (χ3v) is 6.73. The Morgan fingerprint density at radius 2 is 2.09 bits per heavy atom. The first kappa shape index (κ1) is 18.6. The number of hydrogen-bond acceptors (Lipinski definition) is 4. The summed E-state index contributed by atoms with van der Waals surface area (Å²) in [4.78, 5) is 1.95. The van der Waals surface area contributed by atoms with Crippen LogP contribution in [-0.2, 0) is 15.8 Å². The largest absolute Gasteiger partial charge is 0.308 e. The fraction of sp³-hybridized carbons (Fsp3) is 0.600. The highest BCUT2D eigenvalue weighted by Crippen LogP contribution is 2.23. The van der Waals surface area contributed by atoms with E-state index >= 15 is 0 Å². The van der Waals surface area contributed by atoms with E-state index in [9.17, 15) is 17.2 Å². The Balaban J connectivity index is 2.25. The van der Waals surface area contributed by atoms with E-state index in [-0.39, 0.29) is 11.6 Å². The summed E-state index contributed by atoms with van der Waals surface area (Å²) in [7, 11) is 0.0838. The van der Waals surface area contributed by atoms with Crippen LogP contribution in [0.1, 0.15) is 12.0 Å². The summed E-state index contributed by atoms with van der Waals surface area (Å²) in [6.45, 7) is 1.03. The van der Waals surface area contributed by atoms with Crippen molar-refractivity contribution in [3.05, 3.63) is 35.4 Å². The molecule has 1 unspecified atom stereocenters. The molecule has 23 heavy (non-hydrogen) atoms. The number of benzene rings is 1. The van der Waals surface area contributed by atoms with Gasteiger partial charge >= 0.3 is 0 Å². The molecule has 8 heteroatoms. The SMILES string of the molecule is CN(C)CC1CSCCCN1S(=O)(=O)Cc1cc(F)ccc1F. The lowest BCUT2D eigenvalue weighted by atomic mass is 10.2. The zero-order chi connectivity index (χ0) is 17.0. The molecule has 0 amide bonds. The van der Waals surface area contributed by atoms with E-state index in [1.807, 2.05) is 19.0 Å². The highest BCUT2D eigenvalue weighted by Gasteiger charge is 2.32. The predicted molar refractivity (Wildman–Crippen MR) is 90.0 cm³/mol. The molecule has 0 spiro atoms. The molecule has 1 aliphatic rings. The first-order valence-corrected chi connectivity index (χ1v) is 10.2. The van der Waals surface area contributed by atoms with E-state index in [1.54, 1.807) is 11.8 Å². The van der Waals surface area contributed by atoms with Crippen LogP contribution in [0, 0.1) is 11.6 Å². The van der Waals surface area contributed by atoms with Crippen LogP contribution in [0.4, 0.5) is 8.78 Å². The summed E-state index contributed by atoms with van der Waals surface area (Å²) in [6, 6.07) is 2.76. The molecule has 0 radical (unpaired) electrons. The standard InChI is InChI=1S/C15H22F2N2O2S2/c1-18(2)9-14-10-22-7-3-6-19(14)23(20,21)11-12-8-13(16)4-5-15(12)17/h4-5,8,14H,3,6-7,9-11H2,1-2H3. The van der Waals surface area contributed by atoms with Gasteiger partial charge in [-0.3, -0.25) is 0 Å². The predicted octanol–water partition coefficient (Wildman–Crippen LogP) is 2.16. The van der Waals surface area contributed by atoms with Gasteiger partial charge in [-0.15, -0.1) is 0 Å². The van der Waals surface area contributed by atoms with Gasteiger partial charge in [-0.2, -0.15) is 16.1 Å². The van der Waals surface area contributed by atoms with Gasteiger partial charge < -0.3 is 4.90 Å². The topological polar surface area (TPSA) is 40.6 Å². The Morgan fingerprint density at radius 3 is 2.78 bits per heavy atom. The van der Waals surface area contributed by atoms with Crippen molar-refractivity contribution in [1.82, 2.24) is 9.21 Å². The number of rotatable bonds is 5. The number of hydrogen-bond donors (Lipinski definition) is 0. The number of halogens is 2. The van der Waals surface area contributed by atoms with Crippen LogP contribution in [0.25, 0.3) is 0 Å². The number of thioether (sulfide) groups is 1. The summed E-state index contributed by atoms with van der Waals surface area (Å²) in [5.74, 6) is -0.213. The van der Waals surface area contributed by atoms with Gasteiger partial charge in [0.25, 0.3) is 0 Å². The van der Waals surface area contributed by atoms with Crippen molar-refractivity contribution < 1.29 is 17.2 Å². The van der Waals surface area contributed by atoms with E-state index in [0.29, 0.717) is 18.8 Å². The Morgan fingerprint density at radius 1 is 1.35 bits per heavy atom. The maximum absolute atomic E-state index is 13.8. The Kier molecular flexibility index (Phi) is 6.41. The van der Waals surface area contributed by atoms with Crippen LogP contribution in [-0.4, -0.2) is 62.4 Å². The Hall–Kier alpha value is -0.700. The average Bonchev–Trinajstić information content (AvgIpc) is 2.68. The van der Waals surface area contributed by atoms with Crippen molar-refractivity contribution in [3.8, 4) is 0 Å². The molecule has 1 saturated heterocycles. The second-order valence-corrected chi connectivity index (χ2v) is 9.02. The number of likely N-dealkylation sites (N-methyl/N-ethyl adjacent to an activating group) is 1. The summed E-state index contributed by atoms with van der Waals surface area (Å²) in [5, 5.41) is 0. The van der Waals surface area contributed by atoms with Gasteiger partial charge in [-0.05, 0) is 44.5 Å². The average molecular weight is 364 g/mol. The lowest BCUT2D eigenvalue weighted by molar-refractivity contribution is 0.271. The summed E-state index contributed by atoms with van der Waals surface area (Å²) in [6.07, 6.45) is 0.763. The Labute approximate surface area is 140 Å². The van der Waals surface area contributed by atoms with Gasteiger partial charge in [0.2, 0.25) is 10.0 Å². The van der Waals surface area contributed by atoms with Crippen molar-refractivity contribution in [3.63, 3.8) is 0 Å². The molecule has 4 nitrogen and oxygen atoms in total. The van der Waals surface area contributed by atoms with E-state index in [0.717, 1.165) is 30.4 Å². The molecule has 1 aromatic carbocycles. The van der Waals surface area contributed by atoms with Crippen LogP contribution >= 0.6 is 11.8 Å². The molecule has 1 heterocycles. The maximum Gasteiger partial charge on any atom is 0.218 e. The molecule has 0 aliphatic carbocycles. The second-order valence-electron chi connectivity index (χ2n) is 5.95. The smallest absolute Gasteiger partial charge is 0.218 e. The lowest BCUT2D eigenvalue weighted by Gasteiger charge is -2.30. The van der Waals surface area contributed by atoms with Crippen molar-refractivity contribution in [2.75, 3.05) is 38.7 Å². The first-order chi connectivity index (χ1) is 10.8. The first-order valence-electron chi connectivity index (χ1n) is 7.45. The molecule has 130 valence electrons. The Bertz CT molecular complexity index is 638. The fourth-order valence-electron chi connectivity index (χ4n) is 2.67. The summed E-state index contributed by atoms with van der Waals surface area (Å²) >= 11 is 1.73. The quantitative estimate of drug-likeness (QED) is 0.803. The zero-order valence-corrected chi connectivity index (χ0v) is 15.0. The van der Waals surface area contributed by atoms with Gasteiger partial charge in [-0.25, -0.2) is 17.2 Å². The monoisotopic (exact) mass is 364 g/mol. The molecule has 0 aromatic heterocycles. The molecule has 1 fully saturated rings. The van der Waals surface area contributed by atoms with Crippen LogP contribution < -0.4 is 0 Å². The van der Waals surface area contributed by atoms with Gasteiger partial charge in [0.05, 0.1) is 5.75 Å².